The normalized spacial score (nSPS) is 20.4. The second-order valence-electron chi connectivity index (χ2n) is 6.48. The van der Waals surface area contributed by atoms with Gasteiger partial charge in [-0.25, -0.2) is 13.4 Å². The lowest BCUT2D eigenvalue weighted by molar-refractivity contribution is -0.118. The van der Waals surface area contributed by atoms with Crippen molar-refractivity contribution in [1.29, 1.82) is 0 Å². The minimum Gasteiger partial charge on any atom is -0.385 e. The summed E-state index contributed by atoms with van der Waals surface area (Å²) in [5, 5.41) is 15.1. The van der Waals surface area contributed by atoms with E-state index in [1.54, 1.807) is 47.8 Å². The van der Waals surface area contributed by atoms with Gasteiger partial charge < -0.3 is 16.0 Å². The van der Waals surface area contributed by atoms with Crippen LogP contribution in [0.1, 0.15) is 5.56 Å². The Hall–Kier alpha value is -3.33. The third-order valence-corrected chi connectivity index (χ3v) is 5.58. The fourth-order valence-corrected chi connectivity index (χ4v) is 4.00. The van der Waals surface area contributed by atoms with Gasteiger partial charge in [-0.15, -0.1) is 0 Å². The van der Waals surface area contributed by atoms with E-state index >= 15 is 0 Å². The molecular weight excluding hydrogens is 378 g/mol. The molecule has 9 heteroatoms. The van der Waals surface area contributed by atoms with Crippen molar-refractivity contribution in [2.24, 2.45) is 5.10 Å². The van der Waals surface area contributed by atoms with E-state index in [-0.39, 0.29) is 17.0 Å². The van der Waals surface area contributed by atoms with Crippen LogP contribution < -0.4 is 16.0 Å². The number of benzene rings is 1. The Balaban J connectivity index is 1.63. The van der Waals surface area contributed by atoms with Crippen molar-refractivity contribution in [2.45, 2.75) is 11.1 Å². The highest BCUT2D eigenvalue weighted by atomic mass is 32.2. The highest BCUT2D eigenvalue weighted by molar-refractivity contribution is 7.90. The van der Waals surface area contributed by atoms with Gasteiger partial charge in [-0.3, -0.25) is 4.79 Å². The summed E-state index contributed by atoms with van der Waals surface area (Å²) >= 11 is 0. The van der Waals surface area contributed by atoms with Gasteiger partial charge in [0.15, 0.2) is 9.84 Å². The zero-order valence-corrected chi connectivity index (χ0v) is 15.9. The molecule has 1 aromatic carbocycles. The molecule has 1 atom stereocenters. The summed E-state index contributed by atoms with van der Waals surface area (Å²) in [6.45, 7) is 0.530. The van der Waals surface area contributed by atoms with Crippen molar-refractivity contribution in [2.75, 3.05) is 12.8 Å². The van der Waals surface area contributed by atoms with Crippen LogP contribution >= 0.6 is 0 Å². The van der Waals surface area contributed by atoms with Crippen LogP contribution in [0.2, 0.25) is 0 Å². The van der Waals surface area contributed by atoms with Crippen LogP contribution in [0.4, 0.5) is 0 Å². The lowest BCUT2D eigenvalue weighted by Crippen LogP contribution is -2.39. The van der Waals surface area contributed by atoms with E-state index in [4.69, 9.17) is 0 Å². The number of fused-ring (bicyclic) bond motifs is 1. The summed E-state index contributed by atoms with van der Waals surface area (Å²) in [6.07, 6.45) is 11.5. The lowest BCUT2D eigenvalue weighted by Gasteiger charge is -2.26. The highest BCUT2D eigenvalue weighted by Gasteiger charge is 2.32. The van der Waals surface area contributed by atoms with Gasteiger partial charge in [0, 0.05) is 23.7 Å². The minimum atomic E-state index is -3.42. The Morgan fingerprint density at radius 3 is 2.89 bits per heavy atom. The van der Waals surface area contributed by atoms with Gasteiger partial charge in [0.25, 0.3) is 5.91 Å². The Labute approximate surface area is 162 Å². The van der Waals surface area contributed by atoms with Gasteiger partial charge in [0.05, 0.1) is 17.2 Å². The summed E-state index contributed by atoms with van der Waals surface area (Å²) in [7, 11) is -3.42. The van der Waals surface area contributed by atoms with Crippen molar-refractivity contribution in [3.05, 3.63) is 77.9 Å². The summed E-state index contributed by atoms with van der Waals surface area (Å²) in [5.74, 6) is -0.298. The van der Waals surface area contributed by atoms with Crippen LogP contribution in [0, 0.1) is 0 Å². The molecule has 0 fully saturated rings. The average molecular weight is 397 g/mol. The van der Waals surface area contributed by atoms with Crippen LogP contribution in [-0.4, -0.2) is 44.0 Å². The smallest absolute Gasteiger partial charge is 0.275 e. The number of hydrogen-bond donors (Lipinski definition) is 3. The van der Waals surface area contributed by atoms with E-state index in [1.807, 2.05) is 18.2 Å². The first-order valence-electron chi connectivity index (χ1n) is 8.66. The second-order valence-corrected chi connectivity index (χ2v) is 8.47. The molecule has 1 amide bonds. The van der Waals surface area contributed by atoms with Gasteiger partial charge in [-0.1, -0.05) is 18.2 Å². The van der Waals surface area contributed by atoms with Crippen molar-refractivity contribution < 1.29 is 13.2 Å². The standard InChI is InChI=1S/C19H19N5O3S/c1-28(26,27)17-7-3-2-6-14(17)15-8-9-18-21-12-16(24(18)23-15)19(25)22-13-5-4-10-20-11-13/h2-10,12,18,20-21H,11H2,1H3,(H,22,25). The van der Waals surface area contributed by atoms with Gasteiger partial charge in [0.1, 0.15) is 11.9 Å². The number of nitrogens with one attached hydrogen (secondary N) is 3. The van der Waals surface area contributed by atoms with E-state index in [2.05, 4.69) is 21.1 Å². The number of rotatable bonds is 4. The van der Waals surface area contributed by atoms with E-state index in [0.29, 0.717) is 23.5 Å². The fraction of sp³-hybridized carbons (Fsp3) is 0.158. The molecule has 3 heterocycles. The van der Waals surface area contributed by atoms with Crippen molar-refractivity contribution in [1.82, 2.24) is 21.0 Å². The molecule has 144 valence electrons. The number of allylic oxidation sites excluding steroid dienone is 3. The first kappa shape index (κ1) is 18.1. The number of amides is 1. The van der Waals surface area contributed by atoms with Gasteiger partial charge in [-0.2, -0.15) is 5.10 Å². The number of nitrogens with zero attached hydrogens (tertiary/aromatic N) is 2. The SMILES string of the molecule is CS(=O)(=O)c1ccccc1C1=NN2C(C(=O)NC3=CC=CNC3)=CNC2C=C1. The summed E-state index contributed by atoms with van der Waals surface area (Å²) < 4.78 is 24.2. The largest absolute Gasteiger partial charge is 0.385 e. The van der Waals surface area contributed by atoms with Gasteiger partial charge >= 0.3 is 0 Å². The molecule has 0 bridgehead atoms. The van der Waals surface area contributed by atoms with Gasteiger partial charge in [-0.05, 0) is 36.6 Å². The number of hydrogen-bond acceptors (Lipinski definition) is 7. The Bertz CT molecular complexity index is 1080. The molecular formula is C19H19N5O3S. The third kappa shape index (κ3) is 3.44. The molecule has 1 unspecified atom stereocenters. The molecule has 28 heavy (non-hydrogen) atoms. The molecule has 8 nitrogen and oxygen atoms in total. The number of carbonyl (C=O) groups excluding carboxylic acids is 1. The van der Waals surface area contributed by atoms with E-state index in [9.17, 15) is 13.2 Å². The maximum absolute atomic E-state index is 12.7. The van der Waals surface area contributed by atoms with E-state index < -0.39 is 9.84 Å². The maximum atomic E-state index is 12.7. The highest BCUT2D eigenvalue weighted by Crippen LogP contribution is 2.24. The van der Waals surface area contributed by atoms with Crippen LogP contribution in [0.5, 0.6) is 0 Å². The average Bonchev–Trinajstić information content (AvgIpc) is 3.11. The zero-order chi connectivity index (χ0) is 19.7. The predicted octanol–water partition coefficient (Wildman–Crippen LogP) is 0.554. The topological polar surface area (TPSA) is 103 Å². The zero-order valence-electron chi connectivity index (χ0n) is 15.1. The lowest BCUT2D eigenvalue weighted by atomic mass is 10.1. The Kier molecular flexibility index (Phi) is 4.52. The molecule has 3 aliphatic heterocycles. The molecule has 0 aromatic heterocycles. The third-order valence-electron chi connectivity index (χ3n) is 4.43. The van der Waals surface area contributed by atoms with E-state index in [1.165, 1.54) is 0 Å². The van der Waals surface area contributed by atoms with Crippen molar-refractivity contribution in [3.8, 4) is 0 Å². The van der Waals surface area contributed by atoms with Crippen LogP contribution in [0.25, 0.3) is 0 Å². The summed E-state index contributed by atoms with van der Waals surface area (Å²) in [5.41, 5.74) is 2.06. The molecule has 0 radical (unpaired) electrons. The quantitative estimate of drug-likeness (QED) is 0.686. The number of sulfone groups is 1. The molecule has 0 saturated heterocycles. The first-order chi connectivity index (χ1) is 13.4. The van der Waals surface area contributed by atoms with Crippen molar-refractivity contribution >= 4 is 21.5 Å². The molecule has 3 aliphatic rings. The fourth-order valence-electron chi connectivity index (χ4n) is 3.11. The van der Waals surface area contributed by atoms with Crippen LogP contribution in [-0.2, 0) is 14.6 Å². The number of dihydropyridines is 1. The summed E-state index contributed by atoms with van der Waals surface area (Å²) in [6, 6.07) is 6.69. The molecule has 0 saturated carbocycles. The predicted molar refractivity (Wildman–Crippen MR) is 105 cm³/mol. The molecule has 0 aliphatic carbocycles. The number of carbonyl (C=O) groups is 1. The van der Waals surface area contributed by atoms with Crippen LogP contribution in [0.3, 0.4) is 0 Å². The molecule has 1 aromatic rings. The first-order valence-corrected chi connectivity index (χ1v) is 10.5. The van der Waals surface area contributed by atoms with Crippen LogP contribution in [0.15, 0.2) is 82.4 Å². The number of hydrazone groups is 1. The molecule has 3 N–H and O–H groups in total. The molecule has 4 rings (SSSR count). The van der Waals surface area contributed by atoms with Crippen molar-refractivity contribution in [3.63, 3.8) is 0 Å². The van der Waals surface area contributed by atoms with E-state index in [0.717, 1.165) is 12.0 Å². The Morgan fingerprint density at radius 2 is 2.14 bits per heavy atom. The second kappa shape index (κ2) is 7.01. The minimum absolute atomic E-state index is 0.198. The maximum Gasteiger partial charge on any atom is 0.275 e. The summed E-state index contributed by atoms with van der Waals surface area (Å²) in [4.78, 5) is 12.9. The Morgan fingerprint density at radius 1 is 1.32 bits per heavy atom. The van der Waals surface area contributed by atoms with Gasteiger partial charge in [0.2, 0.25) is 0 Å². The molecule has 0 spiro atoms. The monoisotopic (exact) mass is 397 g/mol.